The van der Waals surface area contributed by atoms with Crippen molar-refractivity contribution in [2.45, 2.75) is 25.8 Å². The molecule has 1 aromatic heterocycles. The minimum absolute atomic E-state index is 0.144. The molecule has 1 heterocycles. The number of aliphatic hydroxyl groups excluding tert-OH is 1. The molecule has 0 aliphatic heterocycles. The van der Waals surface area contributed by atoms with Gasteiger partial charge in [0.05, 0.1) is 0 Å². The highest BCUT2D eigenvalue weighted by molar-refractivity contribution is 6.29. The molecule has 1 saturated carbocycles. The zero-order valence-corrected chi connectivity index (χ0v) is 10.2. The normalized spacial score (nSPS) is 19.4. The average Bonchev–Trinajstić information content (AvgIpc) is 3.07. The summed E-state index contributed by atoms with van der Waals surface area (Å²) < 4.78 is 0. The quantitative estimate of drug-likeness (QED) is 0.776. The Balaban J connectivity index is 1.90. The van der Waals surface area contributed by atoms with Gasteiger partial charge < -0.3 is 10.4 Å². The second-order valence-corrected chi connectivity index (χ2v) is 5.06. The van der Waals surface area contributed by atoms with Crippen molar-refractivity contribution in [1.82, 2.24) is 10.3 Å². The van der Waals surface area contributed by atoms with Crippen LogP contribution in [-0.4, -0.2) is 23.2 Å². The van der Waals surface area contributed by atoms with Gasteiger partial charge in [0, 0.05) is 30.8 Å². The Labute approximate surface area is 101 Å². The van der Waals surface area contributed by atoms with Crippen molar-refractivity contribution < 1.29 is 5.11 Å². The highest BCUT2D eigenvalue weighted by atomic mass is 35.5. The van der Waals surface area contributed by atoms with Crippen LogP contribution in [0.15, 0.2) is 18.3 Å². The number of hydrogen-bond donors (Lipinski definition) is 2. The lowest BCUT2D eigenvalue weighted by Crippen LogP contribution is -2.28. The lowest BCUT2D eigenvalue weighted by Gasteiger charge is -2.18. The number of aromatic nitrogens is 1. The molecule has 1 aliphatic carbocycles. The van der Waals surface area contributed by atoms with Gasteiger partial charge in [-0.2, -0.15) is 0 Å². The van der Waals surface area contributed by atoms with E-state index in [0.717, 1.165) is 24.9 Å². The Morgan fingerprint density at radius 3 is 2.94 bits per heavy atom. The maximum atomic E-state index is 9.21. The third-order valence-corrected chi connectivity index (χ3v) is 3.53. The molecule has 16 heavy (non-hydrogen) atoms. The molecule has 1 aliphatic rings. The molecule has 0 saturated heterocycles. The Morgan fingerprint density at radius 2 is 2.38 bits per heavy atom. The van der Waals surface area contributed by atoms with Gasteiger partial charge in [0.2, 0.25) is 0 Å². The fourth-order valence-electron chi connectivity index (χ4n) is 1.74. The van der Waals surface area contributed by atoms with Crippen LogP contribution in [0.3, 0.4) is 0 Å². The second-order valence-electron chi connectivity index (χ2n) is 4.67. The van der Waals surface area contributed by atoms with Crippen molar-refractivity contribution in [3.63, 3.8) is 0 Å². The van der Waals surface area contributed by atoms with E-state index in [1.807, 2.05) is 12.1 Å². The summed E-state index contributed by atoms with van der Waals surface area (Å²) in [4.78, 5) is 3.96. The molecule has 1 unspecified atom stereocenters. The largest absolute Gasteiger partial charge is 0.396 e. The van der Waals surface area contributed by atoms with E-state index in [1.165, 1.54) is 0 Å². The van der Waals surface area contributed by atoms with Gasteiger partial charge in [-0.1, -0.05) is 11.6 Å². The molecule has 0 amide bonds. The first-order valence-corrected chi connectivity index (χ1v) is 5.99. The molecule has 0 spiro atoms. The van der Waals surface area contributed by atoms with E-state index >= 15 is 0 Å². The van der Waals surface area contributed by atoms with Crippen molar-refractivity contribution in [1.29, 1.82) is 0 Å². The molecule has 1 aromatic rings. The first-order chi connectivity index (χ1) is 7.65. The predicted molar refractivity (Wildman–Crippen MR) is 64.4 cm³/mol. The molecule has 1 atom stereocenters. The van der Waals surface area contributed by atoms with Crippen molar-refractivity contribution in [3.05, 3.63) is 29.0 Å². The predicted octanol–water partition coefficient (Wildman–Crippen LogP) is 2.16. The summed E-state index contributed by atoms with van der Waals surface area (Å²) in [7, 11) is 0. The molecule has 0 aromatic carbocycles. The van der Waals surface area contributed by atoms with Crippen molar-refractivity contribution >= 4 is 11.6 Å². The van der Waals surface area contributed by atoms with Gasteiger partial charge in [0.25, 0.3) is 0 Å². The first kappa shape index (κ1) is 11.8. The fourth-order valence-corrected chi connectivity index (χ4v) is 1.92. The number of nitrogens with one attached hydrogen (secondary N) is 1. The molecular weight excluding hydrogens is 224 g/mol. The summed E-state index contributed by atoms with van der Waals surface area (Å²) in [6.45, 7) is 3.24. The van der Waals surface area contributed by atoms with E-state index in [0.29, 0.717) is 5.15 Å². The first-order valence-electron chi connectivity index (χ1n) is 5.61. The van der Waals surface area contributed by atoms with Crippen LogP contribution in [0.2, 0.25) is 5.15 Å². The molecule has 2 rings (SSSR count). The van der Waals surface area contributed by atoms with Crippen LogP contribution in [0.1, 0.15) is 31.4 Å². The number of aliphatic hydroxyl groups is 1. The van der Waals surface area contributed by atoms with Gasteiger partial charge >= 0.3 is 0 Å². The molecular formula is C12H17ClN2O. The van der Waals surface area contributed by atoms with Crippen LogP contribution in [-0.2, 0) is 0 Å². The molecule has 4 heteroatoms. The summed E-state index contributed by atoms with van der Waals surface area (Å²) >= 11 is 5.84. The number of pyridine rings is 1. The second kappa shape index (κ2) is 4.70. The average molecular weight is 241 g/mol. The summed E-state index contributed by atoms with van der Waals surface area (Å²) in [6.07, 6.45) is 3.97. The number of halogens is 1. The van der Waals surface area contributed by atoms with Crippen LogP contribution in [0.4, 0.5) is 0 Å². The Kier molecular flexibility index (Phi) is 3.47. The van der Waals surface area contributed by atoms with Crippen LogP contribution < -0.4 is 5.32 Å². The fraction of sp³-hybridized carbons (Fsp3) is 0.583. The molecule has 1 fully saturated rings. The van der Waals surface area contributed by atoms with E-state index in [4.69, 9.17) is 11.6 Å². The lowest BCUT2D eigenvalue weighted by molar-refractivity contribution is 0.204. The van der Waals surface area contributed by atoms with Crippen molar-refractivity contribution in [3.8, 4) is 0 Å². The van der Waals surface area contributed by atoms with Gasteiger partial charge in [0.1, 0.15) is 5.15 Å². The minimum Gasteiger partial charge on any atom is -0.396 e. The monoisotopic (exact) mass is 240 g/mol. The number of hydrogen-bond acceptors (Lipinski definition) is 3. The van der Waals surface area contributed by atoms with Crippen LogP contribution in [0.25, 0.3) is 0 Å². The van der Waals surface area contributed by atoms with Gasteiger partial charge in [-0.25, -0.2) is 4.98 Å². The third-order valence-electron chi connectivity index (χ3n) is 3.33. The minimum atomic E-state index is 0.144. The lowest BCUT2D eigenvalue weighted by atomic mass is 10.1. The maximum Gasteiger partial charge on any atom is 0.129 e. The van der Waals surface area contributed by atoms with Crippen LogP contribution in [0, 0.1) is 5.41 Å². The van der Waals surface area contributed by atoms with Gasteiger partial charge in [-0.05, 0) is 37.5 Å². The zero-order chi connectivity index (χ0) is 11.6. The van der Waals surface area contributed by atoms with Crippen LogP contribution >= 0.6 is 11.6 Å². The van der Waals surface area contributed by atoms with Crippen LogP contribution in [0.5, 0.6) is 0 Å². The summed E-state index contributed by atoms with van der Waals surface area (Å²) in [6, 6.07) is 4.07. The zero-order valence-electron chi connectivity index (χ0n) is 9.41. The Hall–Kier alpha value is -0.640. The van der Waals surface area contributed by atoms with Crippen molar-refractivity contribution in [2.75, 3.05) is 13.2 Å². The maximum absolute atomic E-state index is 9.21. The van der Waals surface area contributed by atoms with E-state index in [1.54, 1.807) is 6.20 Å². The smallest absolute Gasteiger partial charge is 0.129 e. The summed E-state index contributed by atoms with van der Waals surface area (Å²) in [5.41, 5.74) is 1.28. The molecule has 3 nitrogen and oxygen atoms in total. The number of nitrogens with zero attached hydrogens (tertiary/aromatic N) is 1. The topological polar surface area (TPSA) is 45.1 Å². The highest BCUT2D eigenvalue weighted by Gasteiger charge is 2.41. The third kappa shape index (κ3) is 2.73. The van der Waals surface area contributed by atoms with E-state index < -0.39 is 0 Å². The standard InChI is InChI=1S/C12H17ClN2O/c1-9(10-2-5-14-11(13)6-10)15-7-12(8-16)3-4-12/h2,5-6,9,15-16H,3-4,7-8H2,1H3. The molecule has 2 N–H and O–H groups in total. The SMILES string of the molecule is CC(NCC1(CO)CC1)c1ccnc(Cl)c1. The summed E-state index contributed by atoms with van der Waals surface area (Å²) in [5.74, 6) is 0. The van der Waals surface area contributed by atoms with Crippen molar-refractivity contribution in [2.24, 2.45) is 5.41 Å². The molecule has 88 valence electrons. The summed E-state index contributed by atoms with van der Waals surface area (Å²) in [5, 5.41) is 13.2. The van der Waals surface area contributed by atoms with Gasteiger partial charge in [-0.3, -0.25) is 0 Å². The van der Waals surface area contributed by atoms with Gasteiger partial charge in [0.15, 0.2) is 0 Å². The molecule has 0 bridgehead atoms. The van der Waals surface area contributed by atoms with E-state index in [-0.39, 0.29) is 18.1 Å². The molecule has 0 radical (unpaired) electrons. The highest BCUT2D eigenvalue weighted by Crippen LogP contribution is 2.44. The van der Waals surface area contributed by atoms with E-state index in [9.17, 15) is 5.11 Å². The van der Waals surface area contributed by atoms with E-state index in [2.05, 4.69) is 17.2 Å². The van der Waals surface area contributed by atoms with Gasteiger partial charge in [-0.15, -0.1) is 0 Å². The number of rotatable bonds is 5. The Morgan fingerprint density at radius 1 is 1.62 bits per heavy atom. The Bertz CT molecular complexity index is 366.